The SMILES string of the molecule is CN(C)CCCNc1nc2ccccc2n2c(-c3ccc(C(=O)CC4CC4)cc3)cnc12. The van der Waals surface area contributed by atoms with Crippen LogP contribution >= 0.6 is 0 Å². The molecule has 164 valence electrons. The predicted octanol–water partition coefficient (Wildman–Crippen LogP) is 4.90. The van der Waals surface area contributed by atoms with E-state index in [0.29, 0.717) is 12.3 Å². The van der Waals surface area contributed by atoms with Crippen LogP contribution in [0.5, 0.6) is 0 Å². The van der Waals surface area contributed by atoms with E-state index in [4.69, 9.17) is 9.97 Å². The Labute approximate surface area is 188 Å². The number of nitrogens with one attached hydrogen (secondary N) is 1. The minimum atomic E-state index is 0.246. The van der Waals surface area contributed by atoms with Gasteiger partial charge in [-0.25, -0.2) is 9.97 Å². The molecule has 2 aromatic carbocycles. The maximum absolute atomic E-state index is 12.5. The van der Waals surface area contributed by atoms with Crippen molar-refractivity contribution >= 4 is 28.3 Å². The molecule has 1 aliphatic carbocycles. The zero-order valence-electron chi connectivity index (χ0n) is 18.7. The summed E-state index contributed by atoms with van der Waals surface area (Å²) in [6.45, 7) is 1.85. The Hall–Kier alpha value is -3.25. The molecule has 2 heterocycles. The fourth-order valence-corrected chi connectivity index (χ4v) is 4.13. The number of nitrogens with zero attached hydrogens (tertiary/aromatic N) is 4. The third kappa shape index (κ3) is 4.23. The Morgan fingerprint density at radius 1 is 1.12 bits per heavy atom. The molecule has 2 aromatic heterocycles. The number of hydrogen-bond donors (Lipinski definition) is 1. The van der Waals surface area contributed by atoms with Crippen LogP contribution < -0.4 is 5.32 Å². The number of anilines is 1. The summed E-state index contributed by atoms with van der Waals surface area (Å²) >= 11 is 0. The lowest BCUT2D eigenvalue weighted by Gasteiger charge is -2.13. The molecule has 1 fully saturated rings. The van der Waals surface area contributed by atoms with Crippen LogP contribution in [0.2, 0.25) is 0 Å². The van der Waals surface area contributed by atoms with Gasteiger partial charge in [-0.05, 0) is 58.0 Å². The van der Waals surface area contributed by atoms with E-state index in [1.807, 2.05) is 48.7 Å². The molecular weight excluding hydrogens is 398 g/mol. The molecule has 0 radical (unpaired) electrons. The number of fused-ring (bicyclic) bond motifs is 3. The van der Waals surface area contributed by atoms with E-state index in [0.717, 1.165) is 58.8 Å². The van der Waals surface area contributed by atoms with Gasteiger partial charge in [0.05, 0.1) is 22.9 Å². The largest absolute Gasteiger partial charge is 0.367 e. The summed E-state index contributed by atoms with van der Waals surface area (Å²) in [6.07, 6.45) is 5.98. The van der Waals surface area contributed by atoms with E-state index in [1.54, 1.807) is 0 Å². The van der Waals surface area contributed by atoms with Gasteiger partial charge >= 0.3 is 0 Å². The summed E-state index contributed by atoms with van der Waals surface area (Å²) in [5.41, 5.74) is 5.58. The van der Waals surface area contributed by atoms with Crippen LogP contribution in [0.4, 0.5) is 5.82 Å². The summed E-state index contributed by atoms with van der Waals surface area (Å²) in [4.78, 5) is 24.2. The molecular formula is C26H29N5O. The molecule has 0 unspecified atom stereocenters. The molecule has 1 N–H and O–H groups in total. The lowest BCUT2D eigenvalue weighted by atomic mass is 10.0. The summed E-state index contributed by atoms with van der Waals surface area (Å²) in [5, 5.41) is 3.48. The highest BCUT2D eigenvalue weighted by molar-refractivity contribution is 5.97. The first-order valence-electron chi connectivity index (χ1n) is 11.4. The number of rotatable bonds is 9. The number of carbonyl (C=O) groups excluding carboxylic acids is 1. The molecule has 0 aliphatic heterocycles. The topological polar surface area (TPSA) is 62.5 Å². The van der Waals surface area contributed by atoms with Crippen LogP contribution in [-0.2, 0) is 0 Å². The second-order valence-electron chi connectivity index (χ2n) is 8.98. The van der Waals surface area contributed by atoms with E-state index in [-0.39, 0.29) is 5.78 Å². The number of hydrogen-bond acceptors (Lipinski definition) is 5. The number of aromatic nitrogens is 3. The van der Waals surface area contributed by atoms with E-state index >= 15 is 0 Å². The standard InChI is InChI=1S/C26H29N5O/c1-30(2)15-5-14-27-25-26-28-17-23(31(26)22-7-4-3-6-21(22)29-25)19-10-12-20(13-11-19)24(32)16-18-8-9-18/h3-4,6-7,10-13,17-18H,5,8-9,14-16H2,1-2H3,(H,27,29). The van der Waals surface area contributed by atoms with Gasteiger partial charge in [0.15, 0.2) is 17.2 Å². The van der Waals surface area contributed by atoms with Gasteiger partial charge in [-0.15, -0.1) is 0 Å². The summed E-state index contributed by atoms with van der Waals surface area (Å²) in [7, 11) is 4.16. The van der Waals surface area contributed by atoms with Crippen LogP contribution in [0.1, 0.15) is 36.0 Å². The highest BCUT2D eigenvalue weighted by atomic mass is 16.1. The van der Waals surface area contributed by atoms with E-state index in [9.17, 15) is 4.79 Å². The Balaban J connectivity index is 1.50. The van der Waals surface area contributed by atoms with Crippen LogP contribution in [0.3, 0.4) is 0 Å². The second-order valence-corrected chi connectivity index (χ2v) is 8.98. The lowest BCUT2D eigenvalue weighted by Crippen LogP contribution is -2.17. The number of para-hydroxylation sites is 2. The van der Waals surface area contributed by atoms with Crippen molar-refractivity contribution in [3.63, 3.8) is 0 Å². The van der Waals surface area contributed by atoms with Gasteiger partial charge < -0.3 is 10.2 Å². The van der Waals surface area contributed by atoms with Crippen molar-refractivity contribution in [1.29, 1.82) is 0 Å². The zero-order valence-corrected chi connectivity index (χ0v) is 18.7. The Morgan fingerprint density at radius 2 is 1.91 bits per heavy atom. The van der Waals surface area contributed by atoms with Gasteiger partial charge in [-0.2, -0.15) is 0 Å². The molecule has 0 amide bonds. The normalized spacial score (nSPS) is 13.8. The fraction of sp³-hybridized carbons (Fsp3) is 0.346. The molecule has 0 bridgehead atoms. The van der Waals surface area contributed by atoms with Crippen molar-refractivity contribution in [1.82, 2.24) is 19.3 Å². The molecule has 32 heavy (non-hydrogen) atoms. The number of imidazole rings is 1. The quantitative estimate of drug-likeness (QED) is 0.304. The van der Waals surface area contributed by atoms with Crippen molar-refractivity contribution in [3.05, 3.63) is 60.3 Å². The van der Waals surface area contributed by atoms with E-state index in [2.05, 4.69) is 34.8 Å². The smallest absolute Gasteiger partial charge is 0.181 e. The van der Waals surface area contributed by atoms with Gasteiger partial charge in [0, 0.05) is 24.1 Å². The van der Waals surface area contributed by atoms with Crippen molar-refractivity contribution in [2.75, 3.05) is 32.5 Å². The summed E-state index contributed by atoms with van der Waals surface area (Å²) in [5.74, 6) is 1.64. The lowest BCUT2D eigenvalue weighted by molar-refractivity contribution is 0.0976. The molecule has 4 aromatic rings. The van der Waals surface area contributed by atoms with Gasteiger partial charge in [-0.3, -0.25) is 9.20 Å². The van der Waals surface area contributed by atoms with Gasteiger partial charge in [-0.1, -0.05) is 36.4 Å². The first-order valence-corrected chi connectivity index (χ1v) is 11.4. The Bertz CT molecular complexity index is 1250. The first kappa shape index (κ1) is 20.6. The minimum absolute atomic E-state index is 0.246. The van der Waals surface area contributed by atoms with E-state index < -0.39 is 0 Å². The molecule has 0 saturated heterocycles. The van der Waals surface area contributed by atoms with Crippen molar-refractivity contribution in [2.24, 2.45) is 5.92 Å². The molecule has 1 saturated carbocycles. The number of Topliss-reactive ketones (excluding diaryl/α,β-unsaturated/α-hetero) is 1. The van der Waals surface area contributed by atoms with Crippen molar-refractivity contribution in [2.45, 2.75) is 25.7 Å². The van der Waals surface area contributed by atoms with Crippen LogP contribution in [0, 0.1) is 5.92 Å². The molecule has 1 aliphatic rings. The predicted molar refractivity (Wildman–Crippen MR) is 129 cm³/mol. The van der Waals surface area contributed by atoms with Crippen molar-refractivity contribution in [3.8, 4) is 11.3 Å². The third-order valence-electron chi connectivity index (χ3n) is 6.08. The first-order chi connectivity index (χ1) is 15.6. The average Bonchev–Trinajstić information content (AvgIpc) is 3.50. The maximum Gasteiger partial charge on any atom is 0.181 e. The number of ketones is 1. The highest BCUT2D eigenvalue weighted by Crippen LogP contribution is 2.34. The summed E-state index contributed by atoms with van der Waals surface area (Å²) < 4.78 is 2.16. The van der Waals surface area contributed by atoms with Crippen LogP contribution in [-0.4, -0.2) is 52.2 Å². The Morgan fingerprint density at radius 3 is 2.66 bits per heavy atom. The molecule has 0 atom stereocenters. The average molecular weight is 428 g/mol. The van der Waals surface area contributed by atoms with Crippen LogP contribution in [0.25, 0.3) is 27.9 Å². The number of carbonyl (C=O) groups is 1. The summed E-state index contributed by atoms with van der Waals surface area (Å²) in [6, 6.07) is 16.1. The second kappa shape index (κ2) is 8.71. The highest BCUT2D eigenvalue weighted by Gasteiger charge is 2.25. The van der Waals surface area contributed by atoms with Gasteiger partial charge in [0.2, 0.25) is 0 Å². The fourth-order valence-electron chi connectivity index (χ4n) is 4.13. The van der Waals surface area contributed by atoms with Gasteiger partial charge in [0.25, 0.3) is 0 Å². The molecule has 5 rings (SSSR count). The molecule has 6 heteroatoms. The van der Waals surface area contributed by atoms with Gasteiger partial charge in [0.1, 0.15) is 0 Å². The van der Waals surface area contributed by atoms with Crippen LogP contribution in [0.15, 0.2) is 54.7 Å². The maximum atomic E-state index is 12.5. The number of benzene rings is 2. The molecule has 6 nitrogen and oxygen atoms in total. The van der Waals surface area contributed by atoms with Crippen molar-refractivity contribution < 1.29 is 4.79 Å². The minimum Gasteiger partial charge on any atom is -0.367 e. The Kier molecular flexibility index (Phi) is 5.62. The molecule has 0 spiro atoms. The van der Waals surface area contributed by atoms with E-state index in [1.165, 1.54) is 12.8 Å². The zero-order chi connectivity index (χ0) is 22.1. The third-order valence-corrected chi connectivity index (χ3v) is 6.08. The monoisotopic (exact) mass is 427 g/mol.